The summed E-state index contributed by atoms with van der Waals surface area (Å²) in [7, 11) is 1.59. The number of amides is 1. The van der Waals surface area contributed by atoms with Crippen molar-refractivity contribution < 1.29 is 14.3 Å². The summed E-state index contributed by atoms with van der Waals surface area (Å²) >= 11 is 0. The molecule has 0 radical (unpaired) electrons. The number of ether oxygens (including phenoxy) is 2. The number of benzene rings is 2. The van der Waals surface area contributed by atoms with Crippen LogP contribution in [0.4, 0.5) is 5.69 Å². The first-order valence-electron chi connectivity index (χ1n) is 8.37. The van der Waals surface area contributed by atoms with Gasteiger partial charge in [0.25, 0.3) is 5.91 Å². The molecule has 5 nitrogen and oxygen atoms in total. The van der Waals surface area contributed by atoms with Gasteiger partial charge in [-0.05, 0) is 49.8 Å². The van der Waals surface area contributed by atoms with Crippen LogP contribution in [0.5, 0.6) is 11.5 Å². The number of rotatable bonds is 4. The molecule has 1 heterocycles. The molecule has 26 heavy (non-hydrogen) atoms. The van der Waals surface area contributed by atoms with Crippen molar-refractivity contribution in [2.45, 2.75) is 26.4 Å². The maximum absolute atomic E-state index is 12.5. The molecule has 2 aromatic carbocycles. The van der Waals surface area contributed by atoms with Gasteiger partial charge in [0.05, 0.1) is 7.11 Å². The zero-order valence-electron chi connectivity index (χ0n) is 15.0. The van der Waals surface area contributed by atoms with Gasteiger partial charge < -0.3 is 14.8 Å². The molecule has 132 valence electrons. The molecule has 1 aliphatic heterocycles. The summed E-state index contributed by atoms with van der Waals surface area (Å²) in [5, 5.41) is 12.2. The number of nitrogens with zero attached hydrogens (tertiary/aromatic N) is 1. The van der Waals surface area contributed by atoms with Crippen molar-refractivity contribution >= 4 is 17.7 Å². The van der Waals surface area contributed by atoms with Crippen LogP contribution in [-0.4, -0.2) is 19.1 Å². The van der Waals surface area contributed by atoms with E-state index < -0.39 is 5.91 Å². The summed E-state index contributed by atoms with van der Waals surface area (Å²) in [5.41, 5.74) is 3.36. The quantitative estimate of drug-likeness (QED) is 0.672. The lowest BCUT2D eigenvalue weighted by atomic mass is 10.0. The minimum Gasteiger partial charge on any atom is -0.497 e. The highest BCUT2D eigenvalue weighted by molar-refractivity contribution is 6.09. The van der Waals surface area contributed by atoms with Crippen LogP contribution in [0.1, 0.15) is 23.6 Å². The zero-order chi connectivity index (χ0) is 18.7. The van der Waals surface area contributed by atoms with Gasteiger partial charge in [-0.25, -0.2) is 0 Å². The number of anilines is 1. The summed E-state index contributed by atoms with van der Waals surface area (Å²) < 4.78 is 11.2. The van der Waals surface area contributed by atoms with E-state index in [1.807, 2.05) is 44.2 Å². The second-order valence-electron chi connectivity index (χ2n) is 6.33. The monoisotopic (exact) mass is 348 g/mol. The van der Waals surface area contributed by atoms with Gasteiger partial charge >= 0.3 is 0 Å². The highest BCUT2D eigenvalue weighted by atomic mass is 16.5. The third-order valence-electron chi connectivity index (χ3n) is 4.17. The molecule has 1 aliphatic rings. The highest BCUT2D eigenvalue weighted by Crippen LogP contribution is 2.37. The fraction of sp³-hybridized carbons (Fsp3) is 0.238. The normalized spacial score (nSPS) is 15.6. The number of methoxy groups -OCH3 is 1. The average molecular weight is 348 g/mol. The third-order valence-corrected chi connectivity index (χ3v) is 4.17. The van der Waals surface area contributed by atoms with E-state index in [4.69, 9.17) is 9.47 Å². The van der Waals surface area contributed by atoms with Gasteiger partial charge in [0.2, 0.25) is 0 Å². The van der Waals surface area contributed by atoms with Crippen molar-refractivity contribution in [1.82, 2.24) is 0 Å². The molecule has 3 rings (SSSR count). The molecule has 0 aliphatic carbocycles. The Hall–Kier alpha value is -3.26. The van der Waals surface area contributed by atoms with Gasteiger partial charge in [-0.1, -0.05) is 12.1 Å². The van der Waals surface area contributed by atoms with Crippen molar-refractivity contribution in [2.24, 2.45) is 0 Å². The van der Waals surface area contributed by atoms with Crippen LogP contribution in [0.2, 0.25) is 0 Å². The Balaban J connectivity index is 1.93. The summed E-state index contributed by atoms with van der Waals surface area (Å²) in [6.07, 6.45) is 2.37. The molecule has 1 N–H and O–H groups in total. The molecular formula is C21H20N2O3. The summed E-state index contributed by atoms with van der Waals surface area (Å²) in [6.45, 7) is 3.92. The lowest BCUT2D eigenvalue weighted by Crippen LogP contribution is -2.13. The van der Waals surface area contributed by atoms with Gasteiger partial charge in [0.1, 0.15) is 29.2 Å². The van der Waals surface area contributed by atoms with E-state index in [-0.39, 0.29) is 11.7 Å². The van der Waals surface area contributed by atoms with Crippen LogP contribution in [0.3, 0.4) is 0 Å². The lowest BCUT2D eigenvalue weighted by Gasteiger charge is -2.10. The van der Waals surface area contributed by atoms with Crippen LogP contribution >= 0.6 is 0 Å². The van der Waals surface area contributed by atoms with E-state index in [1.54, 1.807) is 25.3 Å². The van der Waals surface area contributed by atoms with Crippen molar-refractivity contribution in [3.8, 4) is 17.6 Å². The third kappa shape index (κ3) is 3.70. The molecular weight excluding hydrogens is 328 g/mol. The van der Waals surface area contributed by atoms with Gasteiger partial charge in [0, 0.05) is 23.2 Å². The van der Waals surface area contributed by atoms with Crippen LogP contribution in [-0.2, 0) is 11.2 Å². The van der Waals surface area contributed by atoms with Crippen LogP contribution < -0.4 is 14.8 Å². The first-order chi connectivity index (χ1) is 12.5. The standard InChI is InChI=1S/C21H20N2O3/c1-13-5-4-6-18(7-13)23-21(24)17(12-22)9-16-11-19(25-3)10-15-8-14(2)26-20(15)16/h4-7,9-11,14H,8H2,1-3H3,(H,23,24)/b17-9-. The number of carbonyl (C=O) groups excluding carboxylic acids is 1. The van der Waals surface area contributed by atoms with Crippen LogP contribution in [0.25, 0.3) is 6.08 Å². The zero-order valence-corrected chi connectivity index (χ0v) is 15.0. The highest BCUT2D eigenvalue weighted by Gasteiger charge is 2.23. The number of carbonyl (C=O) groups is 1. The Labute approximate surface area is 152 Å². The summed E-state index contributed by atoms with van der Waals surface area (Å²) in [5.74, 6) is 0.916. The van der Waals surface area contributed by atoms with E-state index in [0.717, 1.165) is 17.5 Å². The molecule has 0 saturated carbocycles. The predicted molar refractivity (Wildman–Crippen MR) is 100 cm³/mol. The predicted octanol–water partition coefficient (Wildman–Crippen LogP) is 3.87. The maximum atomic E-state index is 12.5. The average Bonchev–Trinajstić information content (AvgIpc) is 2.99. The Bertz CT molecular complexity index is 925. The van der Waals surface area contributed by atoms with E-state index in [2.05, 4.69) is 5.32 Å². The number of fused-ring (bicyclic) bond motifs is 1. The molecule has 0 fully saturated rings. The molecule has 1 amide bonds. The van der Waals surface area contributed by atoms with Crippen molar-refractivity contribution in [2.75, 3.05) is 12.4 Å². The molecule has 1 atom stereocenters. The lowest BCUT2D eigenvalue weighted by molar-refractivity contribution is -0.112. The molecule has 2 aromatic rings. The van der Waals surface area contributed by atoms with Gasteiger partial charge in [-0.2, -0.15) is 5.26 Å². The number of nitriles is 1. The number of aryl methyl sites for hydroxylation is 1. The molecule has 0 spiro atoms. The first kappa shape index (κ1) is 17.6. The molecule has 0 aromatic heterocycles. The number of hydrogen-bond acceptors (Lipinski definition) is 4. The summed E-state index contributed by atoms with van der Waals surface area (Å²) in [6, 6.07) is 13.1. The van der Waals surface area contributed by atoms with Crippen LogP contribution in [0.15, 0.2) is 42.0 Å². The largest absolute Gasteiger partial charge is 0.497 e. The maximum Gasteiger partial charge on any atom is 0.266 e. The van der Waals surface area contributed by atoms with Gasteiger partial charge in [-0.15, -0.1) is 0 Å². The van der Waals surface area contributed by atoms with E-state index in [9.17, 15) is 10.1 Å². The SMILES string of the molecule is COc1cc(/C=C(/C#N)C(=O)Nc2cccc(C)c2)c2c(c1)CC(C)O2. The molecule has 0 saturated heterocycles. The molecule has 0 bridgehead atoms. The van der Waals surface area contributed by atoms with Gasteiger partial charge in [-0.3, -0.25) is 4.79 Å². The molecule has 1 unspecified atom stereocenters. The van der Waals surface area contributed by atoms with E-state index >= 15 is 0 Å². The Kier molecular flexibility index (Phi) is 4.94. The van der Waals surface area contributed by atoms with E-state index in [1.165, 1.54) is 0 Å². The number of nitrogens with one attached hydrogen (secondary N) is 1. The van der Waals surface area contributed by atoms with Crippen molar-refractivity contribution in [3.63, 3.8) is 0 Å². The first-order valence-corrected chi connectivity index (χ1v) is 8.37. The topological polar surface area (TPSA) is 71.3 Å². The Morgan fingerprint density at radius 1 is 1.38 bits per heavy atom. The van der Waals surface area contributed by atoms with Crippen molar-refractivity contribution in [3.05, 3.63) is 58.7 Å². The molecule has 5 heteroatoms. The minimum atomic E-state index is -0.458. The fourth-order valence-electron chi connectivity index (χ4n) is 2.98. The number of hydrogen-bond donors (Lipinski definition) is 1. The summed E-state index contributed by atoms with van der Waals surface area (Å²) in [4.78, 5) is 12.5. The fourth-order valence-corrected chi connectivity index (χ4v) is 2.98. The van der Waals surface area contributed by atoms with Crippen molar-refractivity contribution in [1.29, 1.82) is 5.26 Å². The van der Waals surface area contributed by atoms with Crippen LogP contribution in [0, 0.1) is 18.3 Å². The van der Waals surface area contributed by atoms with E-state index in [0.29, 0.717) is 22.7 Å². The Morgan fingerprint density at radius 2 is 2.19 bits per heavy atom. The second-order valence-corrected chi connectivity index (χ2v) is 6.33. The minimum absolute atomic E-state index is 0.00473. The smallest absolute Gasteiger partial charge is 0.266 e. The van der Waals surface area contributed by atoms with Gasteiger partial charge in [0.15, 0.2) is 0 Å². The second kappa shape index (κ2) is 7.32. The Morgan fingerprint density at radius 3 is 2.88 bits per heavy atom.